The average Bonchev–Trinajstić information content (AvgIpc) is 2.51. The molecule has 4 nitrogen and oxygen atoms in total. The lowest BCUT2D eigenvalue weighted by Gasteiger charge is -2.31. The van der Waals surface area contributed by atoms with Gasteiger partial charge >= 0.3 is 0 Å². The van der Waals surface area contributed by atoms with Gasteiger partial charge in [0.05, 0.1) is 19.3 Å². The fourth-order valence-corrected chi connectivity index (χ4v) is 2.98. The molecule has 5 heteroatoms. The van der Waals surface area contributed by atoms with Gasteiger partial charge in [-0.3, -0.25) is 4.79 Å². The van der Waals surface area contributed by atoms with E-state index >= 15 is 0 Å². The lowest BCUT2D eigenvalue weighted by molar-refractivity contribution is -0.00760. The van der Waals surface area contributed by atoms with Crippen LogP contribution in [0.5, 0.6) is 0 Å². The minimum atomic E-state index is 0.0847. The summed E-state index contributed by atoms with van der Waals surface area (Å²) in [6.07, 6.45) is 2.77. The van der Waals surface area contributed by atoms with E-state index in [9.17, 15) is 4.79 Å². The van der Waals surface area contributed by atoms with Gasteiger partial charge in [0, 0.05) is 36.1 Å². The lowest BCUT2D eigenvalue weighted by Crippen LogP contribution is -2.38. The van der Waals surface area contributed by atoms with Crippen LogP contribution in [0.25, 0.3) is 0 Å². The second-order valence-corrected chi connectivity index (χ2v) is 6.23. The van der Waals surface area contributed by atoms with Gasteiger partial charge in [-0.05, 0) is 25.0 Å². The van der Waals surface area contributed by atoms with E-state index in [2.05, 4.69) is 20.8 Å². The van der Waals surface area contributed by atoms with Gasteiger partial charge in [-0.1, -0.05) is 28.1 Å². The summed E-state index contributed by atoms with van der Waals surface area (Å²) in [4.78, 5) is 14.5. The van der Waals surface area contributed by atoms with Crippen LogP contribution in [0.2, 0.25) is 0 Å². The highest BCUT2D eigenvalue weighted by atomic mass is 79.9. The lowest BCUT2D eigenvalue weighted by atomic mass is 10.1. The maximum absolute atomic E-state index is 12.1. The molecule has 0 saturated carbocycles. The maximum atomic E-state index is 12.1. The van der Waals surface area contributed by atoms with Crippen LogP contribution < -0.4 is 0 Å². The van der Waals surface area contributed by atoms with Crippen molar-refractivity contribution in [2.45, 2.75) is 25.4 Å². The molecule has 1 N–H and O–H groups in total. The maximum Gasteiger partial charge on any atom is 0.164 e. The number of carbonyl (C=O) groups is 1. The molecule has 0 aliphatic carbocycles. The van der Waals surface area contributed by atoms with E-state index < -0.39 is 0 Å². The number of nitrogens with zero attached hydrogens (tertiary/aromatic N) is 1. The van der Waals surface area contributed by atoms with Gasteiger partial charge in [0.1, 0.15) is 0 Å². The number of hydrogen-bond donors (Lipinski definition) is 1. The van der Waals surface area contributed by atoms with Gasteiger partial charge in [0.15, 0.2) is 5.78 Å². The minimum Gasteiger partial charge on any atom is -0.394 e. The van der Waals surface area contributed by atoms with E-state index in [4.69, 9.17) is 9.84 Å². The summed E-state index contributed by atoms with van der Waals surface area (Å²) < 4.78 is 6.48. The van der Waals surface area contributed by atoms with Gasteiger partial charge in [-0.25, -0.2) is 0 Å². The zero-order valence-corrected chi connectivity index (χ0v) is 13.7. The summed E-state index contributed by atoms with van der Waals surface area (Å²) in [6, 6.07) is 7.55. The third kappa shape index (κ3) is 5.51. The Morgan fingerprint density at radius 1 is 1.38 bits per heavy atom. The summed E-state index contributed by atoms with van der Waals surface area (Å²) in [5.41, 5.74) is 0.769. The number of rotatable bonds is 7. The van der Waals surface area contributed by atoms with Crippen molar-refractivity contribution in [2.24, 2.45) is 0 Å². The van der Waals surface area contributed by atoms with Crippen LogP contribution in [0.15, 0.2) is 28.7 Å². The number of halogens is 1. The highest BCUT2D eigenvalue weighted by Crippen LogP contribution is 2.16. The van der Waals surface area contributed by atoms with Crippen LogP contribution >= 0.6 is 15.9 Å². The van der Waals surface area contributed by atoms with Gasteiger partial charge in [0.25, 0.3) is 0 Å². The molecule has 1 aromatic carbocycles. The molecule has 0 bridgehead atoms. The Bertz CT molecular complexity index is 459. The van der Waals surface area contributed by atoms with Crippen molar-refractivity contribution in [1.82, 2.24) is 4.90 Å². The van der Waals surface area contributed by atoms with Crippen LogP contribution in [0, 0.1) is 0 Å². The van der Waals surface area contributed by atoms with E-state index in [0.29, 0.717) is 13.0 Å². The zero-order valence-electron chi connectivity index (χ0n) is 12.1. The van der Waals surface area contributed by atoms with E-state index in [1.165, 1.54) is 0 Å². The molecule has 21 heavy (non-hydrogen) atoms. The molecule has 0 spiro atoms. The first-order valence-electron chi connectivity index (χ1n) is 7.42. The van der Waals surface area contributed by atoms with Crippen LogP contribution in [0.1, 0.15) is 29.6 Å². The fraction of sp³-hybridized carbons (Fsp3) is 0.562. The number of aliphatic hydroxyl groups excluding tert-OH is 1. The molecule has 1 aromatic rings. The van der Waals surface area contributed by atoms with Gasteiger partial charge in [-0.15, -0.1) is 0 Å². The Kier molecular flexibility index (Phi) is 6.83. The monoisotopic (exact) mass is 355 g/mol. The van der Waals surface area contributed by atoms with E-state index in [1.54, 1.807) is 0 Å². The molecule has 1 fully saturated rings. The highest BCUT2D eigenvalue weighted by Gasteiger charge is 2.20. The van der Waals surface area contributed by atoms with Crippen molar-refractivity contribution >= 4 is 21.7 Å². The van der Waals surface area contributed by atoms with E-state index in [0.717, 1.165) is 42.5 Å². The second kappa shape index (κ2) is 8.63. The quantitative estimate of drug-likeness (QED) is 0.763. The molecule has 1 aliphatic heterocycles. The summed E-state index contributed by atoms with van der Waals surface area (Å²) in [7, 11) is 0. The number of Topliss-reactive ketones (excluding diaryl/α,β-unsaturated/α-hetero) is 1. The number of likely N-dealkylation sites (tertiary alicyclic amines) is 1. The molecule has 0 amide bonds. The third-order valence-electron chi connectivity index (χ3n) is 3.78. The third-order valence-corrected chi connectivity index (χ3v) is 4.27. The molecule has 1 aliphatic rings. The minimum absolute atomic E-state index is 0.0847. The molecule has 0 atom stereocenters. The Morgan fingerprint density at radius 3 is 2.81 bits per heavy atom. The molecule has 1 heterocycles. The molecular formula is C16H22BrNO3. The number of carbonyl (C=O) groups excluding carboxylic acids is 1. The smallest absolute Gasteiger partial charge is 0.164 e. The first-order valence-corrected chi connectivity index (χ1v) is 8.22. The molecule has 116 valence electrons. The van der Waals surface area contributed by atoms with Gasteiger partial charge in [-0.2, -0.15) is 0 Å². The number of piperidine rings is 1. The number of aliphatic hydroxyl groups is 1. The molecule has 0 unspecified atom stereocenters. The average molecular weight is 356 g/mol. The topological polar surface area (TPSA) is 49.8 Å². The molecule has 2 rings (SSSR count). The number of ether oxygens (including phenoxy) is 1. The van der Waals surface area contributed by atoms with Crippen molar-refractivity contribution in [3.63, 3.8) is 0 Å². The van der Waals surface area contributed by atoms with Gasteiger partial charge < -0.3 is 14.7 Å². The Morgan fingerprint density at radius 2 is 2.14 bits per heavy atom. The van der Waals surface area contributed by atoms with E-state index in [-0.39, 0.29) is 18.5 Å². The summed E-state index contributed by atoms with van der Waals surface area (Å²) in [6.45, 7) is 3.23. The Labute approximate surface area is 134 Å². The van der Waals surface area contributed by atoms with Crippen molar-refractivity contribution in [2.75, 3.05) is 32.8 Å². The molecule has 0 radical (unpaired) electrons. The van der Waals surface area contributed by atoms with Crippen LogP contribution in [0.4, 0.5) is 0 Å². The van der Waals surface area contributed by atoms with Crippen molar-refractivity contribution < 1.29 is 14.6 Å². The zero-order chi connectivity index (χ0) is 15.1. The Hall–Kier alpha value is -0.750. The fourth-order valence-electron chi connectivity index (χ4n) is 2.58. The summed E-state index contributed by atoms with van der Waals surface area (Å²) in [5, 5.41) is 8.75. The first-order chi connectivity index (χ1) is 10.2. The summed E-state index contributed by atoms with van der Waals surface area (Å²) >= 11 is 3.39. The predicted molar refractivity (Wildman–Crippen MR) is 85.6 cm³/mol. The van der Waals surface area contributed by atoms with Crippen molar-refractivity contribution in [3.05, 3.63) is 34.3 Å². The number of hydrogen-bond acceptors (Lipinski definition) is 4. The van der Waals surface area contributed by atoms with Crippen LogP contribution in [-0.4, -0.2) is 54.7 Å². The molecule has 1 saturated heterocycles. The van der Waals surface area contributed by atoms with Crippen LogP contribution in [0.3, 0.4) is 0 Å². The summed E-state index contributed by atoms with van der Waals surface area (Å²) in [5.74, 6) is 0.190. The Balaban J connectivity index is 1.71. The van der Waals surface area contributed by atoms with Crippen molar-refractivity contribution in [3.8, 4) is 0 Å². The first kappa shape index (κ1) is 16.6. The van der Waals surface area contributed by atoms with E-state index in [1.807, 2.05) is 24.3 Å². The van der Waals surface area contributed by atoms with Crippen LogP contribution in [-0.2, 0) is 4.74 Å². The largest absolute Gasteiger partial charge is 0.394 e. The molecular weight excluding hydrogens is 334 g/mol. The highest BCUT2D eigenvalue weighted by molar-refractivity contribution is 9.10. The normalized spacial score (nSPS) is 17.0. The number of ketones is 1. The van der Waals surface area contributed by atoms with Gasteiger partial charge in [0.2, 0.25) is 0 Å². The SMILES string of the molecule is O=C(CCN1CCC(OCCO)CC1)c1cccc(Br)c1. The number of benzene rings is 1. The standard InChI is InChI=1S/C16H22BrNO3/c17-14-3-1-2-13(12-14)16(20)6-9-18-7-4-15(5-8-18)21-11-10-19/h1-3,12,15,19H,4-11H2. The second-order valence-electron chi connectivity index (χ2n) is 5.32. The van der Waals surface area contributed by atoms with Crippen molar-refractivity contribution in [1.29, 1.82) is 0 Å². The predicted octanol–water partition coefficient (Wildman–Crippen LogP) is 2.50. The molecule has 0 aromatic heterocycles.